The first-order chi connectivity index (χ1) is 8.96. The van der Waals surface area contributed by atoms with Crippen LogP contribution in [0.1, 0.15) is 50.2 Å². The molecule has 2 N–H and O–H groups in total. The normalized spacial score (nSPS) is 24.8. The molecule has 1 saturated carbocycles. The molecular formula is C15H22N2O2. The summed E-state index contributed by atoms with van der Waals surface area (Å²) in [6.45, 7) is 6.36. The van der Waals surface area contributed by atoms with Gasteiger partial charge in [-0.15, -0.1) is 0 Å². The van der Waals surface area contributed by atoms with Gasteiger partial charge >= 0.3 is 0 Å². The Hall–Kier alpha value is -1.42. The Morgan fingerprint density at radius 1 is 1.42 bits per heavy atom. The third kappa shape index (κ3) is 2.04. The van der Waals surface area contributed by atoms with Gasteiger partial charge in [0, 0.05) is 18.2 Å². The molecule has 4 heteroatoms. The highest BCUT2D eigenvalue weighted by Crippen LogP contribution is 2.57. The third-order valence-electron chi connectivity index (χ3n) is 5.09. The number of rotatable bonds is 4. The number of nitro benzene ring substituents is 1. The van der Waals surface area contributed by atoms with Crippen LogP contribution in [0.4, 0.5) is 5.69 Å². The summed E-state index contributed by atoms with van der Waals surface area (Å²) in [4.78, 5) is 10.6. The van der Waals surface area contributed by atoms with E-state index in [1.54, 1.807) is 12.1 Å². The standard InChI is InChI=1S/C15H22N2O2/c1-4-15(5-2)13(9-14(15)16)12-8-11(17(18)19)7-6-10(12)3/h6-8,13-14H,4-5,9,16H2,1-3H3. The predicted molar refractivity (Wildman–Crippen MR) is 76.2 cm³/mol. The number of aryl methyl sites for hydroxylation is 1. The van der Waals surface area contributed by atoms with Crippen molar-refractivity contribution in [2.75, 3.05) is 0 Å². The molecule has 0 radical (unpaired) electrons. The number of nitro groups is 1. The Morgan fingerprint density at radius 2 is 2.05 bits per heavy atom. The minimum absolute atomic E-state index is 0.111. The summed E-state index contributed by atoms with van der Waals surface area (Å²) in [5, 5.41) is 10.9. The largest absolute Gasteiger partial charge is 0.327 e. The van der Waals surface area contributed by atoms with E-state index in [-0.39, 0.29) is 22.1 Å². The molecule has 104 valence electrons. The highest BCUT2D eigenvalue weighted by Gasteiger charge is 2.51. The maximum atomic E-state index is 10.9. The highest BCUT2D eigenvalue weighted by molar-refractivity contribution is 5.43. The zero-order chi connectivity index (χ0) is 14.2. The van der Waals surface area contributed by atoms with Gasteiger partial charge in [-0.1, -0.05) is 19.9 Å². The van der Waals surface area contributed by atoms with E-state index in [9.17, 15) is 10.1 Å². The van der Waals surface area contributed by atoms with Crippen molar-refractivity contribution in [2.45, 2.75) is 52.0 Å². The van der Waals surface area contributed by atoms with E-state index in [2.05, 4.69) is 13.8 Å². The molecule has 4 nitrogen and oxygen atoms in total. The number of benzene rings is 1. The SMILES string of the molecule is CCC1(CC)C(N)CC1c1cc([N+](=O)[O-])ccc1C. The topological polar surface area (TPSA) is 69.2 Å². The molecular weight excluding hydrogens is 240 g/mol. The van der Waals surface area contributed by atoms with Crippen LogP contribution in [0.25, 0.3) is 0 Å². The lowest BCUT2D eigenvalue weighted by Crippen LogP contribution is -2.56. The zero-order valence-corrected chi connectivity index (χ0v) is 11.8. The minimum Gasteiger partial charge on any atom is -0.327 e. The zero-order valence-electron chi connectivity index (χ0n) is 11.8. The Kier molecular flexibility index (Phi) is 3.63. The molecule has 0 spiro atoms. The Labute approximate surface area is 114 Å². The lowest BCUT2D eigenvalue weighted by Gasteiger charge is -2.55. The van der Waals surface area contributed by atoms with Gasteiger partial charge in [0.15, 0.2) is 0 Å². The van der Waals surface area contributed by atoms with E-state index in [0.29, 0.717) is 5.92 Å². The average molecular weight is 262 g/mol. The van der Waals surface area contributed by atoms with Gasteiger partial charge in [0.2, 0.25) is 0 Å². The highest BCUT2D eigenvalue weighted by atomic mass is 16.6. The second kappa shape index (κ2) is 4.93. The van der Waals surface area contributed by atoms with Crippen molar-refractivity contribution in [1.29, 1.82) is 0 Å². The summed E-state index contributed by atoms with van der Waals surface area (Å²) in [5.41, 5.74) is 8.76. The van der Waals surface area contributed by atoms with Gasteiger partial charge in [-0.05, 0) is 48.6 Å². The van der Waals surface area contributed by atoms with Crippen LogP contribution in [-0.4, -0.2) is 11.0 Å². The molecule has 2 atom stereocenters. The van der Waals surface area contributed by atoms with Crippen LogP contribution in [0.2, 0.25) is 0 Å². The monoisotopic (exact) mass is 262 g/mol. The first-order valence-electron chi connectivity index (χ1n) is 6.96. The van der Waals surface area contributed by atoms with Crippen LogP contribution in [0.3, 0.4) is 0 Å². The van der Waals surface area contributed by atoms with Crippen LogP contribution in [-0.2, 0) is 0 Å². The molecule has 2 unspecified atom stereocenters. The quantitative estimate of drug-likeness (QED) is 0.666. The molecule has 1 aliphatic carbocycles. The molecule has 0 aliphatic heterocycles. The van der Waals surface area contributed by atoms with Gasteiger partial charge < -0.3 is 5.73 Å². The van der Waals surface area contributed by atoms with Crippen molar-refractivity contribution in [3.63, 3.8) is 0 Å². The maximum Gasteiger partial charge on any atom is 0.269 e. The van der Waals surface area contributed by atoms with Crippen molar-refractivity contribution >= 4 is 5.69 Å². The molecule has 1 aromatic carbocycles. The molecule has 2 rings (SSSR count). The van der Waals surface area contributed by atoms with Crippen LogP contribution in [0, 0.1) is 22.5 Å². The Balaban J connectivity index is 2.42. The van der Waals surface area contributed by atoms with Gasteiger partial charge in [-0.3, -0.25) is 10.1 Å². The van der Waals surface area contributed by atoms with Crippen molar-refractivity contribution in [1.82, 2.24) is 0 Å². The maximum absolute atomic E-state index is 10.9. The van der Waals surface area contributed by atoms with Crippen LogP contribution in [0.5, 0.6) is 0 Å². The molecule has 1 fully saturated rings. The number of nitrogens with zero attached hydrogens (tertiary/aromatic N) is 1. The molecule has 0 aromatic heterocycles. The number of non-ortho nitro benzene ring substituents is 1. The van der Waals surface area contributed by atoms with Gasteiger partial charge in [0.1, 0.15) is 0 Å². The summed E-state index contributed by atoms with van der Waals surface area (Å²) in [6.07, 6.45) is 2.98. The predicted octanol–water partition coefficient (Wildman–Crippen LogP) is 3.52. The summed E-state index contributed by atoms with van der Waals surface area (Å²) >= 11 is 0. The number of hydrogen-bond acceptors (Lipinski definition) is 3. The fourth-order valence-corrected chi connectivity index (χ4v) is 3.64. The first-order valence-corrected chi connectivity index (χ1v) is 6.96. The molecule has 0 saturated heterocycles. The molecule has 19 heavy (non-hydrogen) atoms. The summed E-state index contributed by atoms with van der Waals surface area (Å²) in [7, 11) is 0. The lowest BCUT2D eigenvalue weighted by molar-refractivity contribution is -0.385. The fraction of sp³-hybridized carbons (Fsp3) is 0.600. The lowest BCUT2D eigenvalue weighted by atomic mass is 9.51. The average Bonchev–Trinajstić information content (AvgIpc) is 2.38. The fourth-order valence-electron chi connectivity index (χ4n) is 3.64. The second-order valence-electron chi connectivity index (χ2n) is 5.63. The van der Waals surface area contributed by atoms with Crippen LogP contribution in [0.15, 0.2) is 18.2 Å². The van der Waals surface area contributed by atoms with Crippen molar-refractivity contribution in [2.24, 2.45) is 11.1 Å². The molecule has 0 amide bonds. The van der Waals surface area contributed by atoms with E-state index in [4.69, 9.17) is 5.73 Å². The van der Waals surface area contributed by atoms with Crippen LogP contribution < -0.4 is 5.73 Å². The van der Waals surface area contributed by atoms with E-state index < -0.39 is 0 Å². The third-order valence-corrected chi connectivity index (χ3v) is 5.09. The number of hydrogen-bond donors (Lipinski definition) is 1. The van der Waals surface area contributed by atoms with E-state index in [1.807, 2.05) is 13.0 Å². The Bertz CT molecular complexity index is 495. The number of nitrogens with two attached hydrogens (primary N) is 1. The first kappa shape index (κ1) is 14.0. The summed E-state index contributed by atoms with van der Waals surface area (Å²) in [6, 6.07) is 5.39. The van der Waals surface area contributed by atoms with E-state index >= 15 is 0 Å². The van der Waals surface area contributed by atoms with Gasteiger partial charge in [-0.25, -0.2) is 0 Å². The summed E-state index contributed by atoms with van der Waals surface area (Å²) < 4.78 is 0. The van der Waals surface area contributed by atoms with Crippen molar-refractivity contribution < 1.29 is 4.92 Å². The van der Waals surface area contributed by atoms with Crippen molar-refractivity contribution in [3.05, 3.63) is 39.4 Å². The van der Waals surface area contributed by atoms with E-state index in [1.165, 1.54) is 0 Å². The van der Waals surface area contributed by atoms with E-state index in [0.717, 1.165) is 30.4 Å². The van der Waals surface area contributed by atoms with Crippen LogP contribution >= 0.6 is 0 Å². The molecule has 1 aromatic rings. The van der Waals surface area contributed by atoms with Crippen molar-refractivity contribution in [3.8, 4) is 0 Å². The molecule has 0 bridgehead atoms. The molecule has 0 heterocycles. The van der Waals surface area contributed by atoms with Gasteiger partial charge in [0.25, 0.3) is 5.69 Å². The second-order valence-corrected chi connectivity index (χ2v) is 5.63. The minimum atomic E-state index is -0.318. The van der Waals surface area contributed by atoms with Gasteiger partial charge in [-0.2, -0.15) is 0 Å². The Morgan fingerprint density at radius 3 is 2.53 bits per heavy atom. The molecule has 1 aliphatic rings. The smallest absolute Gasteiger partial charge is 0.269 e. The summed E-state index contributed by atoms with van der Waals surface area (Å²) in [5.74, 6) is 0.359. The van der Waals surface area contributed by atoms with Gasteiger partial charge in [0.05, 0.1) is 4.92 Å².